The second-order valence-electron chi connectivity index (χ2n) is 6.66. The van der Waals surface area contributed by atoms with E-state index in [-0.39, 0.29) is 0 Å². The summed E-state index contributed by atoms with van der Waals surface area (Å²) in [7, 11) is 1.88. The molecule has 2 N–H and O–H groups in total. The molecule has 114 valence electrons. The molecule has 2 atom stereocenters. The van der Waals surface area contributed by atoms with Gasteiger partial charge in [0, 0.05) is 31.2 Å². The average Bonchev–Trinajstić information content (AvgIpc) is 2.91. The van der Waals surface area contributed by atoms with Gasteiger partial charge in [0.05, 0.1) is 6.10 Å². The Bertz CT molecular complexity index is 359. The van der Waals surface area contributed by atoms with E-state index < -0.39 is 0 Å². The SMILES string of the molecule is CCOC1CC(NC(=NC)NC2CCC2)C12CCCC2. The Morgan fingerprint density at radius 1 is 1.20 bits per heavy atom. The lowest BCUT2D eigenvalue weighted by Crippen LogP contribution is -2.65. The minimum Gasteiger partial charge on any atom is -0.378 e. The van der Waals surface area contributed by atoms with Crippen LogP contribution in [0.4, 0.5) is 0 Å². The van der Waals surface area contributed by atoms with Crippen LogP contribution in [0.25, 0.3) is 0 Å². The van der Waals surface area contributed by atoms with Crippen LogP contribution in [0.15, 0.2) is 4.99 Å². The highest BCUT2D eigenvalue weighted by molar-refractivity contribution is 5.80. The van der Waals surface area contributed by atoms with E-state index in [1.165, 1.54) is 44.9 Å². The van der Waals surface area contributed by atoms with Gasteiger partial charge in [0.25, 0.3) is 0 Å². The fraction of sp³-hybridized carbons (Fsp3) is 0.938. The molecular weight excluding hydrogens is 250 g/mol. The summed E-state index contributed by atoms with van der Waals surface area (Å²) in [5.41, 5.74) is 0.382. The molecule has 3 rings (SSSR count). The molecule has 0 bridgehead atoms. The highest BCUT2D eigenvalue weighted by Gasteiger charge is 2.57. The molecule has 0 heterocycles. The molecule has 20 heavy (non-hydrogen) atoms. The average molecular weight is 279 g/mol. The Hall–Kier alpha value is -0.770. The number of ether oxygens (including phenoxy) is 1. The molecule has 0 aromatic rings. The Morgan fingerprint density at radius 2 is 1.95 bits per heavy atom. The number of aliphatic imine (C=N–C) groups is 1. The van der Waals surface area contributed by atoms with Gasteiger partial charge >= 0.3 is 0 Å². The van der Waals surface area contributed by atoms with Crippen molar-refractivity contribution < 1.29 is 4.74 Å². The maximum atomic E-state index is 5.97. The summed E-state index contributed by atoms with van der Waals surface area (Å²) in [6.07, 6.45) is 10.9. The second kappa shape index (κ2) is 5.92. The summed E-state index contributed by atoms with van der Waals surface area (Å²) >= 11 is 0. The van der Waals surface area contributed by atoms with Crippen molar-refractivity contribution >= 4 is 5.96 Å². The van der Waals surface area contributed by atoms with Gasteiger partial charge in [-0.1, -0.05) is 12.8 Å². The van der Waals surface area contributed by atoms with Crippen molar-refractivity contribution in [1.82, 2.24) is 10.6 Å². The third kappa shape index (κ3) is 2.43. The van der Waals surface area contributed by atoms with E-state index in [1.54, 1.807) is 0 Å². The van der Waals surface area contributed by atoms with Gasteiger partial charge in [-0.25, -0.2) is 0 Å². The Kier molecular flexibility index (Phi) is 4.20. The van der Waals surface area contributed by atoms with Crippen LogP contribution in [0.2, 0.25) is 0 Å². The highest BCUT2D eigenvalue weighted by Crippen LogP contribution is 2.54. The van der Waals surface area contributed by atoms with Gasteiger partial charge in [0.15, 0.2) is 5.96 Å². The molecule has 2 unspecified atom stereocenters. The lowest BCUT2D eigenvalue weighted by Gasteiger charge is -2.54. The van der Waals surface area contributed by atoms with E-state index in [4.69, 9.17) is 4.74 Å². The van der Waals surface area contributed by atoms with E-state index >= 15 is 0 Å². The summed E-state index contributed by atoms with van der Waals surface area (Å²) in [6.45, 7) is 2.95. The number of hydrogen-bond donors (Lipinski definition) is 2. The first-order chi connectivity index (χ1) is 9.78. The predicted octanol–water partition coefficient (Wildman–Crippen LogP) is 2.44. The first-order valence-corrected chi connectivity index (χ1v) is 8.40. The third-order valence-corrected chi connectivity index (χ3v) is 5.67. The predicted molar refractivity (Wildman–Crippen MR) is 82.0 cm³/mol. The molecule has 0 aromatic heterocycles. The second-order valence-corrected chi connectivity index (χ2v) is 6.66. The molecule has 3 aliphatic rings. The van der Waals surface area contributed by atoms with Crippen molar-refractivity contribution in [3.8, 4) is 0 Å². The van der Waals surface area contributed by atoms with Crippen LogP contribution >= 0.6 is 0 Å². The zero-order valence-electron chi connectivity index (χ0n) is 13.0. The van der Waals surface area contributed by atoms with Gasteiger partial charge in [0.1, 0.15) is 0 Å². The maximum absolute atomic E-state index is 5.97. The van der Waals surface area contributed by atoms with Gasteiger partial charge in [0.2, 0.25) is 0 Å². The van der Waals surface area contributed by atoms with Crippen LogP contribution in [0.5, 0.6) is 0 Å². The molecular formula is C16H29N3O. The summed E-state index contributed by atoms with van der Waals surface area (Å²) in [4.78, 5) is 4.41. The van der Waals surface area contributed by atoms with Gasteiger partial charge in [-0.15, -0.1) is 0 Å². The molecule has 3 aliphatic carbocycles. The van der Waals surface area contributed by atoms with E-state index in [9.17, 15) is 0 Å². The van der Waals surface area contributed by atoms with Crippen molar-refractivity contribution in [2.24, 2.45) is 10.4 Å². The van der Waals surface area contributed by atoms with E-state index in [0.717, 1.165) is 19.0 Å². The molecule has 0 aliphatic heterocycles. The van der Waals surface area contributed by atoms with Crippen LogP contribution in [0.3, 0.4) is 0 Å². The normalized spacial score (nSPS) is 32.8. The van der Waals surface area contributed by atoms with E-state index in [2.05, 4.69) is 22.5 Å². The number of nitrogens with zero attached hydrogens (tertiary/aromatic N) is 1. The van der Waals surface area contributed by atoms with Gasteiger partial charge in [-0.2, -0.15) is 0 Å². The lowest BCUT2D eigenvalue weighted by atomic mass is 9.60. The Labute approximate surface area is 122 Å². The number of guanidine groups is 1. The molecule has 3 saturated carbocycles. The first-order valence-electron chi connectivity index (χ1n) is 8.40. The fourth-order valence-corrected chi connectivity index (χ4v) is 4.17. The van der Waals surface area contributed by atoms with Crippen molar-refractivity contribution in [3.63, 3.8) is 0 Å². The minimum atomic E-state index is 0.382. The molecule has 0 radical (unpaired) electrons. The van der Waals surface area contributed by atoms with Crippen LogP contribution in [-0.2, 0) is 4.74 Å². The zero-order chi connectivity index (χ0) is 14.0. The lowest BCUT2D eigenvalue weighted by molar-refractivity contribution is -0.125. The van der Waals surface area contributed by atoms with Crippen molar-refractivity contribution in [3.05, 3.63) is 0 Å². The van der Waals surface area contributed by atoms with Gasteiger partial charge in [-0.3, -0.25) is 4.99 Å². The smallest absolute Gasteiger partial charge is 0.191 e. The topological polar surface area (TPSA) is 45.6 Å². The molecule has 4 nitrogen and oxygen atoms in total. The van der Waals surface area contributed by atoms with Crippen molar-refractivity contribution in [1.29, 1.82) is 0 Å². The molecule has 3 fully saturated rings. The number of hydrogen-bond acceptors (Lipinski definition) is 2. The Balaban J connectivity index is 1.58. The van der Waals surface area contributed by atoms with Crippen LogP contribution in [0, 0.1) is 5.41 Å². The molecule has 0 aromatic carbocycles. The zero-order valence-corrected chi connectivity index (χ0v) is 13.0. The monoisotopic (exact) mass is 279 g/mol. The maximum Gasteiger partial charge on any atom is 0.191 e. The van der Waals surface area contributed by atoms with Crippen molar-refractivity contribution in [2.75, 3.05) is 13.7 Å². The highest BCUT2D eigenvalue weighted by atomic mass is 16.5. The van der Waals surface area contributed by atoms with Gasteiger partial charge in [-0.05, 0) is 45.4 Å². The largest absolute Gasteiger partial charge is 0.378 e. The van der Waals surface area contributed by atoms with Crippen LogP contribution < -0.4 is 10.6 Å². The third-order valence-electron chi connectivity index (χ3n) is 5.67. The van der Waals surface area contributed by atoms with Crippen LogP contribution in [0.1, 0.15) is 58.3 Å². The van der Waals surface area contributed by atoms with Crippen LogP contribution in [-0.4, -0.2) is 37.8 Å². The minimum absolute atomic E-state index is 0.382. The van der Waals surface area contributed by atoms with Crippen molar-refractivity contribution in [2.45, 2.75) is 76.5 Å². The molecule has 0 amide bonds. The van der Waals surface area contributed by atoms with E-state index in [0.29, 0.717) is 23.6 Å². The summed E-state index contributed by atoms with van der Waals surface area (Å²) in [5.74, 6) is 1.00. The van der Waals surface area contributed by atoms with E-state index in [1.807, 2.05) is 7.05 Å². The van der Waals surface area contributed by atoms with Gasteiger partial charge < -0.3 is 15.4 Å². The number of nitrogens with one attached hydrogen (secondary N) is 2. The Morgan fingerprint density at radius 3 is 2.50 bits per heavy atom. The molecule has 0 saturated heterocycles. The first kappa shape index (κ1) is 14.2. The summed E-state index contributed by atoms with van der Waals surface area (Å²) in [6, 6.07) is 1.19. The summed E-state index contributed by atoms with van der Waals surface area (Å²) in [5, 5.41) is 7.24. The fourth-order valence-electron chi connectivity index (χ4n) is 4.17. The standard InChI is InChI=1S/C16H29N3O/c1-3-20-14-11-13(16(14)9-4-5-10-16)19-15(17-2)18-12-7-6-8-12/h12-14H,3-11H2,1-2H3,(H2,17,18,19). The molecule has 1 spiro atoms. The number of rotatable bonds is 4. The summed E-state index contributed by atoms with van der Waals surface area (Å²) < 4.78 is 5.97. The molecule has 4 heteroatoms. The quantitative estimate of drug-likeness (QED) is 0.614.